The number of benzene rings is 1. The fraction of sp³-hybridized carbons (Fsp3) is 0.296. The summed E-state index contributed by atoms with van der Waals surface area (Å²) in [6.07, 6.45) is 1.98. The Kier molecular flexibility index (Phi) is 6.78. The van der Waals surface area contributed by atoms with Crippen LogP contribution < -0.4 is 25.0 Å². The highest BCUT2D eigenvalue weighted by molar-refractivity contribution is 6.00. The first-order valence-electron chi connectivity index (χ1n) is 12.0. The zero-order valence-corrected chi connectivity index (χ0v) is 21.8. The van der Waals surface area contributed by atoms with Crippen LogP contribution in [0, 0.1) is 11.8 Å². The number of amides is 2. The highest BCUT2D eigenvalue weighted by Gasteiger charge is 2.48. The average Bonchev–Trinajstić information content (AvgIpc) is 3.40. The van der Waals surface area contributed by atoms with E-state index in [0.29, 0.717) is 34.3 Å². The average molecular weight is 530 g/mol. The van der Waals surface area contributed by atoms with Gasteiger partial charge in [-0.1, -0.05) is 12.0 Å². The molecule has 0 radical (unpaired) electrons. The number of hydrogen-bond donors (Lipinski definition) is 3. The van der Waals surface area contributed by atoms with Gasteiger partial charge in [-0.25, -0.2) is 20.3 Å². The minimum atomic E-state index is -1.60. The third-order valence-corrected chi connectivity index (χ3v) is 6.47. The van der Waals surface area contributed by atoms with Crippen LogP contribution in [0.1, 0.15) is 21.6 Å². The summed E-state index contributed by atoms with van der Waals surface area (Å²) in [5, 5.41) is 15.4. The number of pyridine rings is 1. The fourth-order valence-electron chi connectivity index (χ4n) is 4.43. The largest absolute Gasteiger partial charge is 0.497 e. The fourth-order valence-corrected chi connectivity index (χ4v) is 4.43. The van der Waals surface area contributed by atoms with Gasteiger partial charge in [-0.05, 0) is 35.7 Å². The number of nitrogens with one attached hydrogen (secondary N) is 2. The van der Waals surface area contributed by atoms with Crippen molar-refractivity contribution in [1.82, 2.24) is 30.5 Å². The molecule has 0 aliphatic carbocycles. The maximum atomic E-state index is 13.2. The second-order valence-corrected chi connectivity index (χ2v) is 9.27. The van der Waals surface area contributed by atoms with Crippen LogP contribution in [0.2, 0.25) is 0 Å². The van der Waals surface area contributed by atoms with Gasteiger partial charge in [0.15, 0.2) is 23.3 Å². The number of hydrogen-bond acceptors (Lipinski definition) is 10. The third kappa shape index (κ3) is 4.93. The second kappa shape index (κ2) is 10.2. The number of aliphatic hydroxyl groups is 1. The highest BCUT2D eigenvalue weighted by atomic mass is 16.5. The Morgan fingerprint density at radius 3 is 2.56 bits per heavy atom. The third-order valence-electron chi connectivity index (χ3n) is 6.47. The molecule has 39 heavy (non-hydrogen) atoms. The van der Waals surface area contributed by atoms with Gasteiger partial charge < -0.3 is 29.7 Å². The molecule has 1 saturated heterocycles. The molecule has 1 fully saturated rings. The van der Waals surface area contributed by atoms with Crippen molar-refractivity contribution < 1.29 is 24.2 Å². The summed E-state index contributed by atoms with van der Waals surface area (Å²) < 4.78 is 10.7. The molecule has 2 atom stereocenters. The standard InChI is InChI=1S/C27H27N7O5/c1-33(2)25-28-12-17(13-29-25)20-7-8-22(39-4)21(30-20)9-10-27(24(36)31-26(37)32-27)15-34-14-16-5-6-18(38-3)11-19(16)23(34)35/h5-8,11-13,26,32,37H,14-15H2,1-4H3,(H,31,36). The number of fused-ring (bicyclic) bond motifs is 1. The lowest BCUT2D eigenvalue weighted by Crippen LogP contribution is -2.54. The Bertz CT molecular complexity index is 1500. The van der Waals surface area contributed by atoms with E-state index in [4.69, 9.17) is 9.47 Å². The van der Waals surface area contributed by atoms with Crippen LogP contribution in [0.5, 0.6) is 11.5 Å². The van der Waals surface area contributed by atoms with Crippen LogP contribution in [0.15, 0.2) is 42.7 Å². The summed E-state index contributed by atoms with van der Waals surface area (Å²) >= 11 is 0. The molecular weight excluding hydrogens is 502 g/mol. The summed E-state index contributed by atoms with van der Waals surface area (Å²) in [6, 6.07) is 8.73. The topological polar surface area (TPSA) is 142 Å². The molecule has 2 unspecified atom stereocenters. The smallest absolute Gasteiger partial charge is 0.257 e. The summed E-state index contributed by atoms with van der Waals surface area (Å²) in [6.45, 7) is 0.174. The number of rotatable bonds is 6. The number of carbonyl (C=O) groups is 2. The molecule has 3 aromatic rings. The SMILES string of the molecule is COc1ccc2c(c1)C(=O)N(CC1(C#Cc3nc(-c4cnc(N(C)C)nc4)ccc3OC)NC(O)NC1=O)C2. The minimum Gasteiger partial charge on any atom is -0.497 e. The number of ether oxygens (including phenoxy) is 2. The molecule has 0 bridgehead atoms. The van der Waals surface area contributed by atoms with E-state index >= 15 is 0 Å². The Hall–Kier alpha value is -4.73. The Balaban J connectivity index is 1.48. The molecular formula is C27H27N7O5. The normalized spacial score (nSPS) is 19.7. The predicted molar refractivity (Wildman–Crippen MR) is 141 cm³/mol. The molecule has 2 aliphatic heterocycles. The number of aromatic nitrogens is 3. The lowest BCUT2D eigenvalue weighted by Gasteiger charge is -2.26. The Labute approximate surface area is 225 Å². The van der Waals surface area contributed by atoms with Crippen LogP contribution in [0.4, 0.5) is 5.95 Å². The lowest BCUT2D eigenvalue weighted by molar-refractivity contribution is -0.123. The molecule has 2 amide bonds. The number of methoxy groups -OCH3 is 2. The van der Waals surface area contributed by atoms with Crippen molar-refractivity contribution in [1.29, 1.82) is 0 Å². The molecule has 1 aromatic carbocycles. The van der Waals surface area contributed by atoms with E-state index in [1.54, 1.807) is 41.6 Å². The first-order chi connectivity index (χ1) is 18.7. The van der Waals surface area contributed by atoms with E-state index in [9.17, 15) is 14.7 Å². The van der Waals surface area contributed by atoms with Crippen LogP contribution in [0.25, 0.3) is 11.3 Å². The molecule has 0 saturated carbocycles. The molecule has 5 rings (SSSR count). The van der Waals surface area contributed by atoms with Gasteiger partial charge in [-0.15, -0.1) is 0 Å². The van der Waals surface area contributed by atoms with E-state index in [2.05, 4.69) is 37.4 Å². The predicted octanol–water partition coefficient (Wildman–Crippen LogP) is 0.363. The van der Waals surface area contributed by atoms with E-state index < -0.39 is 17.8 Å². The molecule has 3 N–H and O–H groups in total. The van der Waals surface area contributed by atoms with Crippen molar-refractivity contribution in [3.63, 3.8) is 0 Å². The van der Waals surface area contributed by atoms with Crippen LogP contribution in [-0.4, -0.2) is 83.5 Å². The van der Waals surface area contributed by atoms with Crippen LogP contribution in [0.3, 0.4) is 0 Å². The zero-order valence-electron chi connectivity index (χ0n) is 21.8. The maximum absolute atomic E-state index is 13.2. The highest BCUT2D eigenvalue weighted by Crippen LogP contribution is 2.29. The quantitative estimate of drug-likeness (QED) is 0.383. The Morgan fingerprint density at radius 2 is 1.92 bits per heavy atom. The van der Waals surface area contributed by atoms with E-state index in [0.717, 1.165) is 5.56 Å². The summed E-state index contributed by atoms with van der Waals surface area (Å²) in [7, 11) is 6.71. The molecule has 2 aliphatic rings. The van der Waals surface area contributed by atoms with E-state index in [-0.39, 0.29) is 24.7 Å². The number of carbonyl (C=O) groups excluding carboxylic acids is 2. The summed E-state index contributed by atoms with van der Waals surface area (Å²) in [5.41, 5.74) is 1.20. The van der Waals surface area contributed by atoms with Crippen molar-refractivity contribution in [2.75, 3.05) is 39.8 Å². The maximum Gasteiger partial charge on any atom is 0.257 e. The van der Waals surface area contributed by atoms with Gasteiger partial charge in [0.2, 0.25) is 5.95 Å². The second-order valence-electron chi connectivity index (χ2n) is 9.27. The van der Waals surface area contributed by atoms with Crippen molar-refractivity contribution in [2.24, 2.45) is 0 Å². The molecule has 4 heterocycles. The van der Waals surface area contributed by atoms with Crippen molar-refractivity contribution in [3.05, 3.63) is 59.5 Å². The molecule has 200 valence electrons. The first-order valence-corrected chi connectivity index (χ1v) is 12.0. The monoisotopic (exact) mass is 529 g/mol. The van der Waals surface area contributed by atoms with Gasteiger partial charge >= 0.3 is 0 Å². The van der Waals surface area contributed by atoms with E-state index in [1.165, 1.54) is 19.1 Å². The van der Waals surface area contributed by atoms with Crippen molar-refractivity contribution >= 4 is 17.8 Å². The van der Waals surface area contributed by atoms with Crippen LogP contribution in [-0.2, 0) is 11.3 Å². The minimum absolute atomic E-state index is 0.111. The zero-order chi connectivity index (χ0) is 27.7. The summed E-state index contributed by atoms with van der Waals surface area (Å²) in [4.78, 5) is 42.8. The van der Waals surface area contributed by atoms with Gasteiger partial charge in [-0.2, -0.15) is 0 Å². The van der Waals surface area contributed by atoms with Gasteiger partial charge in [0.1, 0.15) is 5.75 Å². The van der Waals surface area contributed by atoms with Crippen molar-refractivity contribution in [3.8, 4) is 34.6 Å². The molecule has 12 nitrogen and oxygen atoms in total. The van der Waals surface area contributed by atoms with Gasteiger partial charge in [0.25, 0.3) is 11.8 Å². The van der Waals surface area contributed by atoms with Crippen molar-refractivity contribution in [2.45, 2.75) is 18.4 Å². The van der Waals surface area contributed by atoms with Gasteiger partial charge in [0, 0.05) is 44.2 Å². The van der Waals surface area contributed by atoms with E-state index in [1.807, 2.05) is 20.2 Å². The first kappa shape index (κ1) is 25.9. The summed E-state index contributed by atoms with van der Waals surface area (Å²) in [5.74, 6) is 6.56. The lowest BCUT2D eigenvalue weighted by atomic mass is 9.99. The number of anilines is 1. The molecule has 12 heteroatoms. The van der Waals surface area contributed by atoms with Gasteiger partial charge in [0.05, 0.1) is 26.5 Å². The molecule has 0 spiro atoms. The number of nitrogens with zero attached hydrogens (tertiary/aromatic N) is 5. The van der Waals surface area contributed by atoms with Gasteiger partial charge in [-0.3, -0.25) is 9.59 Å². The Morgan fingerprint density at radius 1 is 1.15 bits per heavy atom. The number of aliphatic hydroxyl groups excluding tert-OH is 1. The molecule has 2 aromatic heterocycles. The van der Waals surface area contributed by atoms with Crippen LogP contribution >= 0.6 is 0 Å².